The van der Waals surface area contributed by atoms with E-state index in [2.05, 4.69) is 35.6 Å². The second-order valence-electron chi connectivity index (χ2n) is 3.52. The normalized spacial score (nSPS) is 16.7. The summed E-state index contributed by atoms with van der Waals surface area (Å²) in [6.07, 6.45) is 1.65. The van der Waals surface area contributed by atoms with E-state index in [1.807, 2.05) is 12.1 Å². The van der Waals surface area contributed by atoms with Gasteiger partial charge in [-0.05, 0) is 12.1 Å². The molecule has 0 radical (unpaired) electrons. The molecule has 1 unspecified atom stereocenters. The van der Waals surface area contributed by atoms with Crippen molar-refractivity contribution in [2.45, 2.75) is 6.17 Å². The Morgan fingerprint density at radius 1 is 1.43 bits per heavy atom. The Morgan fingerprint density at radius 3 is 2.71 bits per heavy atom. The molecule has 2 rings (SSSR count). The summed E-state index contributed by atoms with van der Waals surface area (Å²) in [5.41, 5.74) is 8.35. The molecular formula is C11H15N3. The minimum absolute atomic E-state index is 0.110. The highest BCUT2D eigenvalue weighted by atomic mass is 15.4. The van der Waals surface area contributed by atoms with Crippen LogP contribution in [-0.4, -0.2) is 19.9 Å². The predicted molar refractivity (Wildman–Crippen MR) is 60.4 cm³/mol. The van der Waals surface area contributed by atoms with Crippen LogP contribution < -0.4 is 15.5 Å². The minimum atomic E-state index is -0.110. The van der Waals surface area contributed by atoms with Gasteiger partial charge in [-0.1, -0.05) is 24.8 Å². The van der Waals surface area contributed by atoms with Crippen molar-refractivity contribution in [2.75, 3.05) is 23.5 Å². The van der Waals surface area contributed by atoms with Crippen LogP contribution in [0.1, 0.15) is 0 Å². The second kappa shape index (κ2) is 3.35. The van der Waals surface area contributed by atoms with Crippen molar-refractivity contribution < 1.29 is 0 Å². The van der Waals surface area contributed by atoms with Crippen molar-refractivity contribution in [1.82, 2.24) is 0 Å². The molecule has 0 aromatic heterocycles. The fourth-order valence-corrected chi connectivity index (χ4v) is 1.79. The topological polar surface area (TPSA) is 32.5 Å². The van der Waals surface area contributed by atoms with Crippen molar-refractivity contribution in [3.05, 3.63) is 36.9 Å². The zero-order valence-electron chi connectivity index (χ0n) is 8.35. The molecule has 0 bridgehead atoms. The van der Waals surface area contributed by atoms with Gasteiger partial charge in [0, 0.05) is 7.05 Å². The van der Waals surface area contributed by atoms with Gasteiger partial charge >= 0.3 is 0 Å². The molecule has 1 aliphatic rings. The number of nitrogens with two attached hydrogens (primary N) is 1. The van der Waals surface area contributed by atoms with Gasteiger partial charge in [0.15, 0.2) is 0 Å². The fourth-order valence-electron chi connectivity index (χ4n) is 1.79. The van der Waals surface area contributed by atoms with Crippen LogP contribution in [0.2, 0.25) is 0 Å². The molecule has 3 nitrogen and oxygen atoms in total. The number of hydrogen-bond acceptors (Lipinski definition) is 3. The first-order valence-corrected chi connectivity index (χ1v) is 4.69. The summed E-state index contributed by atoms with van der Waals surface area (Å²) < 4.78 is 0. The molecule has 14 heavy (non-hydrogen) atoms. The summed E-state index contributed by atoms with van der Waals surface area (Å²) in [6.45, 7) is 4.54. The summed E-state index contributed by atoms with van der Waals surface area (Å²) >= 11 is 0. The lowest BCUT2D eigenvalue weighted by atomic mass is 10.2. The summed E-state index contributed by atoms with van der Waals surface area (Å²) in [6, 6.07) is 8.26. The Labute approximate surface area is 84.4 Å². The first-order chi connectivity index (χ1) is 6.74. The number of anilines is 2. The van der Waals surface area contributed by atoms with Gasteiger partial charge in [-0.15, -0.1) is 0 Å². The zero-order chi connectivity index (χ0) is 10.1. The molecule has 1 aromatic rings. The smallest absolute Gasteiger partial charge is 0.0976 e. The number of benzene rings is 1. The molecule has 0 fully saturated rings. The van der Waals surface area contributed by atoms with Crippen LogP contribution in [0.5, 0.6) is 0 Å². The average molecular weight is 189 g/mol. The summed E-state index contributed by atoms with van der Waals surface area (Å²) in [5.74, 6) is 0. The number of fused-ring (bicyclic) bond motifs is 1. The zero-order valence-corrected chi connectivity index (χ0v) is 8.35. The van der Waals surface area contributed by atoms with Crippen LogP contribution in [0, 0.1) is 0 Å². The molecule has 0 saturated carbocycles. The van der Waals surface area contributed by atoms with Gasteiger partial charge in [0.25, 0.3) is 0 Å². The van der Waals surface area contributed by atoms with E-state index < -0.39 is 0 Å². The van der Waals surface area contributed by atoms with Crippen LogP contribution in [0.4, 0.5) is 11.4 Å². The lowest BCUT2D eigenvalue weighted by molar-refractivity contribution is 0.729. The lowest BCUT2D eigenvalue weighted by Crippen LogP contribution is -2.41. The second-order valence-corrected chi connectivity index (χ2v) is 3.52. The Balaban J connectivity index is 2.38. The van der Waals surface area contributed by atoms with E-state index in [4.69, 9.17) is 5.73 Å². The van der Waals surface area contributed by atoms with Crippen molar-refractivity contribution in [1.29, 1.82) is 0 Å². The first kappa shape index (κ1) is 9.09. The molecule has 2 N–H and O–H groups in total. The minimum Gasteiger partial charge on any atom is -0.355 e. The maximum Gasteiger partial charge on any atom is 0.0976 e. The molecular weight excluding hydrogens is 174 g/mol. The molecule has 1 aromatic carbocycles. The average Bonchev–Trinajstić information content (AvgIpc) is 2.56. The molecule has 0 spiro atoms. The van der Waals surface area contributed by atoms with Gasteiger partial charge in [0.05, 0.1) is 24.2 Å². The van der Waals surface area contributed by atoms with Gasteiger partial charge in [0.2, 0.25) is 0 Å². The van der Waals surface area contributed by atoms with Crippen molar-refractivity contribution in [3.8, 4) is 0 Å². The lowest BCUT2D eigenvalue weighted by Gasteiger charge is -2.23. The third-order valence-corrected chi connectivity index (χ3v) is 2.57. The molecule has 74 valence electrons. The highest BCUT2D eigenvalue weighted by molar-refractivity contribution is 5.76. The van der Waals surface area contributed by atoms with Crippen LogP contribution in [0.15, 0.2) is 36.9 Å². The number of para-hydroxylation sites is 2. The third-order valence-electron chi connectivity index (χ3n) is 2.57. The van der Waals surface area contributed by atoms with Gasteiger partial charge in [0.1, 0.15) is 0 Å². The van der Waals surface area contributed by atoms with Gasteiger partial charge < -0.3 is 15.5 Å². The van der Waals surface area contributed by atoms with E-state index in [1.165, 1.54) is 11.4 Å². The Kier molecular flexibility index (Phi) is 2.17. The van der Waals surface area contributed by atoms with Crippen molar-refractivity contribution in [3.63, 3.8) is 0 Å². The van der Waals surface area contributed by atoms with E-state index in [9.17, 15) is 0 Å². The van der Waals surface area contributed by atoms with Crippen LogP contribution in [0.25, 0.3) is 0 Å². The largest absolute Gasteiger partial charge is 0.355 e. The fraction of sp³-hybridized carbons (Fsp3) is 0.273. The number of hydrogen-bond donors (Lipinski definition) is 1. The van der Waals surface area contributed by atoms with Gasteiger partial charge in [-0.25, -0.2) is 0 Å². The Hall–Kier alpha value is -1.48. The van der Waals surface area contributed by atoms with Crippen molar-refractivity contribution >= 4 is 11.4 Å². The standard InChI is InChI=1S/C11H15N3/c1-3-11(12)14-8-13(2)9-6-4-5-7-10(9)14/h3-7,11H,1,8,12H2,2H3. The maximum atomic E-state index is 5.94. The summed E-state index contributed by atoms with van der Waals surface area (Å²) in [5, 5.41) is 0. The molecule has 1 heterocycles. The number of nitrogens with zero attached hydrogens (tertiary/aromatic N) is 2. The van der Waals surface area contributed by atoms with E-state index in [0.29, 0.717) is 0 Å². The first-order valence-electron chi connectivity index (χ1n) is 4.69. The van der Waals surface area contributed by atoms with Crippen LogP contribution in [-0.2, 0) is 0 Å². The van der Waals surface area contributed by atoms with Crippen molar-refractivity contribution in [2.24, 2.45) is 5.73 Å². The Morgan fingerprint density at radius 2 is 2.07 bits per heavy atom. The van der Waals surface area contributed by atoms with Gasteiger partial charge in [-0.3, -0.25) is 0 Å². The van der Waals surface area contributed by atoms with E-state index >= 15 is 0 Å². The van der Waals surface area contributed by atoms with E-state index in [-0.39, 0.29) is 6.17 Å². The molecule has 3 heteroatoms. The SMILES string of the molecule is C=CC(N)N1CN(C)c2ccccc21. The van der Waals surface area contributed by atoms with Crippen LogP contribution in [0.3, 0.4) is 0 Å². The van der Waals surface area contributed by atoms with Gasteiger partial charge in [-0.2, -0.15) is 0 Å². The molecule has 0 aliphatic carbocycles. The molecule has 0 amide bonds. The van der Waals surface area contributed by atoms with Crippen LogP contribution >= 0.6 is 0 Å². The quantitative estimate of drug-likeness (QED) is 0.713. The molecule has 1 aliphatic heterocycles. The number of rotatable bonds is 2. The molecule has 1 atom stereocenters. The highest BCUT2D eigenvalue weighted by Crippen LogP contribution is 2.34. The highest BCUT2D eigenvalue weighted by Gasteiger charge is 2.24. The Bertz CT molecular complexity index is 348. The maximum absolute atomic E-state index is 5.94. The van der Waals surface area contributed by atoms with E-state index in [1.54, 1.807) is 6.08 Å². The summed E-state index contributed by atoms with van der Waals surface area (Å²) in [4.78, 5) is 4.31. The van der Waals surface area contributed by atoms with E-state index in [0.717, 1.165) is 6.67 Å². The third kappa shape index (κ3) is 1.26. The monoisotopic (exact) mass is 189 g/mol. The molecule has 0 saturated heterocycles. The predicted octanol–water partition coefficient (Wildman–Crippen LogP) is 1.37. The summed E-state index contributed by atoms with van der Waals surface area (Å²) in [7, 11) is 2.06.